The summed E-state index contributed by atoms with van der Waals surface area (Å²) in [7, 11) is 0. The van der Waals surface area contributed by atoms with Crippen molar-refractivity contribution in [1.82, 2.24) is 0 Å². The highest BCUT2D eigenvalue weighted by Crippen LogP contribution is 2.14. The maximum absolute atomic E-state index is 12.9. The van der Waals surface area contributed by atoms with E-state index in [-0.39, 0.29) is 31.1 Å². The van der Waals surface area contributed by atoms with E-state index < -0.39 is 6.10 Å². The van der Waals surface area contributed by atoms with E-state index in [0.717, 1.165) is 205 Å². The second kappa shape index (κ2) is 69.0. The number of unbranched alkanes of at least 4 members (excludes halogenated alkanes) is 17. The van der Waals surface area contributed by atoms with E-state index >= 15 is 0 Å². The molecule has 0 saturated carbocycles. The molecule has 0 bridgehead atoms. The first-order valence-electron chi connectivity index (χ1n) is 33.3. The normalized spacial score (nSPS) is 13.3. The predicted molar refractivity (Wildman–Crippen MR) is 361 cm³/mol. The summed E-state index contributed by atoms with van der Waals surface area (Å²) in [5.74, 6) is -0.958. The average molecular weight is 1140 g/mol. The standard InChI is InChI=1S/C77H120O6/c1-4-7-10-13-16-19-22-25-27-29-31-32-33-34-35-36-37-38-39-40-41-42-43-44-46-47-49-52-55-58-61-64-67-70-76(79)82-73-74(72-81-75(78)69-66-63-60-57-54-51-24-21-18-15-12-9-6-3)83-77(80)71-68-65-62-59-56-53-50-48-45-30-28-26-23-20-17-14-11-8-5-2/h7-8,10-12,15-17,19-21,24-28,31-32,34-35,37-38,40-41,43-45,47-49,74H,4-6,9,13-14,18,22-23,29-30,33,36,39,42,46,50-73H2,1-3H3/b10-7-,11-8-,15-12-,19-16-,20-17-,24-21-,27-25-,28-26-,32-31-,35-34-,38-37-,41-40-,44-43-,48-45-,49-47-. The Hall–Kier alpha value is -5.49. The van der Waals surface area contributed by atoms with Gasteiger partial charge in [0.05, 0.1) is 0 Å². The van der Waals surface area contributed by atoms with Gasteiger partial charge in [0, 0.05) is 19.3 Å². The minimum absolute atomic E-state index is 0.106. The second-order valence-corrected chi connectivity index (χ2v) is 21.3. The SMILES string of the molecule is CC/C=C\C/C=C\C/C=C\C/C=C\C/C=C\C/C=C\C/C=C\C/C=C\C/C=C\CCCCCCCC(=O)OCC(COC(=O)CCCCCCC/C=C\C/C=C\CCC)OC(=O)CCCCCCCC/C=C\C/C=C\C/C=C\C/C=C\CC. The Bertz CT molecular complexity index is 1940. The van der Waals surface area contributed by atoms with Crippen LogP contribution in [-0.4, -0.2) is 37.2 Å². The molecule has 6 heteroatoms. The molecule has 0 fully saturated rings. The Kier molecular flexibility index (Phi) is 64.4. The number of allylic oxidation sites excluding steroid dienone is 30. The lowest BCUT2D eigenvalue weighted by Gasteiger charge is -2.18. The monoisotopic (exact) mass is 1140 g/mol. The molecule has 83 heavy (non-hydrogen) atoms. The number of ether oxygens (including phenoxy) is 3. The Morgan fingerprint density at radius 1 is 0.253 bits per heavy atom. The number of hydrogen-bond donors (Lipinski definition) is 0. The maximum Gasteiger partial charge on any atom is 0.306 e. The van der Waals surface area contributed by atoms with Crippen molar-refractivity contribution in [1.29, 1.82) is 0 Å². The Labute approximate surface area is 510 Å². The molecule has 0 aromatic rings. The first-order chi connectivity index (χ1) is 41.0. The van der Waals surface area contributed by atoms with Crippen LogP contribution in [0.25, 0.3) is 0 Å². The minimum Gasteiger partial charge on any atom is -0.462 e. The summed E-state index contributed by atoms with van der Waals surface area (Å²) >= 11 is 0. The summed E-state index contributed by atoms with van der Waals surface area (Å²) in [5.41, 5.74) is 0. The Balaban J connectivity index is 4.39. The summed E-state index contributed by atoms with van der Waals surface area (Å²) in [6, 6.07) is 0. The van der Waals surface area contributed by atoms with Crippen molar-refractivity contribution in [2.24, 2.45) is 0 Å². The van der Waals surface area contributed by atoms with Crippen LogP contribution in [0.15, 0.2) is 182 Å². The van der Waals surface area contributed by atoms with Crippen LogP contribution in [0, 0.1) is 0 Å². The zero-order chi connectivity index (χ0) is 59.9. The van der Waals surface area contributed by atoms with Crippen molar-refractivity contribution < 1.29 is 28.6 Å². The van der Waals surface area contributed by atoms with Crippen LogP contribution in [0.3, 0.4) is 0 Å². The molecule has 1 atom stereocenters. The van der Waals surface area contributed by atoms with E-state index in [2.05, 4.69) is 203 Å². The van der Waals surface area contributed by atoms with Gasteiger partial charge < -0.3 is 14.2 Å². The van der Waals surface area contributed by atoms with Gasteiger partial charge in [0.25, 0.3) is 0 Å². The van der Waals surface area contributed by atoms with Gasteiger partial charge in [-0.25, -0.2) is 0 Å². The number of rotatable bonds is 58. The van der Waals surface area contributed by atoms with Gasteiger partial charge >= 0.3 is 17.9 Å². The maximum atomic E-state index is 12.9. The smallest absolute Gasteiger partial charge is 0.306 e. The fourth-order valence-corrected chi connectivity index (χ4v) is 8.46. The summed E-state index contributed by atoms with van der Waals surface area (Å²) in [6.07, 6.45) is 103. The lowest BCUT2D eigenvalue weighted by molar-refractivity contribution is -0.167. The molecule has 0 aromatic carbocycles. The molecule has 0 N–H and O–H groups in total. The Morgan fingerprint density at radius 3 is 0.735 bits per heavy atom. The highest BCUT2D eigenvalue weighted by molar-refractivity contribution is 5.71. The first kappa shape index (κ1) is 77.5. The van der Waals surface area contributed by atoms with Crippen LogP contribution >= 0.6 is 0 Å². The Morgan fingerprint density at radius 2 is 0.470 bits per heavy atom. The van der Waals surface area contributed by atoms with Gasteiger partial charge in [0.1, 0.15) is 13.2 Å². The van der Waals surface area contributed by atoms with E-state index in [9.17, 15) is 14.4 Å². The lowest BCUT2D eigenvalue weighted by Crippen LogP contribution is -2.30. The van der Waals surface area contributed by atoms with Crippen molar-refractivity contribution in [2.45, 2.75) is 271 Å². The van der Waals surface area contributed by atoms with Gasteiger partial charge in [0.2, 0.25) is 0 Å². The zero-order valence-electron chi connectivity index (χ0n) is 53.1. The van der Waals surface area contributed by atoms with Crippen molar-refractivity contribution in [3.05, 3.63) is 182 Å². The average Bonchev–Trinajstić information content (AvgIpc) is 3.49. The van der Waals surface area contributed by atoms with Gasteiger partial charge in [-0.2, -0.15) is 0 Å². The highest BCUT2D eigenvalue weighted by atomic mass is 16.6. The third kappa shape index (κ3) is 67.2. The first-order valence-corrected chi connectivity index (χ1v) is 33.3. The van der Waals surface area contributed by atoms with E-state index in [1.165, 1.54) is 19.3 Å². The largest absolute Gasteiger partial charge is 0.462 e. The lowest BCUT2D eigenvalue weighted by atomic mass is 10.1. The van der Waals surface area contributed by atoms with Gasteiger partial charge in [-0.15, -0.1) is 0 Å². The van der Waals surface area contributed by atoms with Gasteiger partial charge in [-0.1, -0.05) is 274 Å². The molecule has 0 rings (SSSR count). The number of esters is 3. The van der Waals surface area contributed by atoms with Crippen LogP contribution in [0.5, 0.6) is 0 Å². The molecule has 0 aliphatic carbocycles. The molecule has 464 valence electrons. The summed E-state index contributed by atoms with van der Waals surface area (Å²) < 4.78 is 16.9. The van der Waals surface area contributed by atoms with E-state index in [1.807, 2.05) is 0 Å². The van der Waals surface area contributed by atoms with E-state index in [4.69, 9.17) is 14.2 Å². The highest BCUT2D eigenvalue weighted by Gasteiger charge is 2.19. The van der Waals surface area contributed by atoms with E-state index in [1.54, 1.807) is 0 Å². The van der Waals surface area contributed by atoms with Gasteiger partial charge in [-0.3, -0.25) is 14.4 Å². The molecular formula is C77H120O6. The minimum atomic E-state index is -0.811. The molecule has 1 unspecified atom stereocenters. The third-order valence-corrected chi connectivity index (χ3v) is 13.4. The van der Waals surface area contributed by atoms with Crippen LogP contribution in [0.1, 0.15) is 265 Å². The van der Waals surface area contributed by atoms with Gasteiger partial charge in [0.15, 0.2) is 6.10 Å². The van der Waals surface area contributed by atoms with Crippen molar-refractivity contribution >= 4 is 17.9 Å². The van der Waals surface area contributed by atoms with Crippen LogP contribution in [0.2, 0.25) is 0 Å². The molecule has 0 saturated heterocycles. The fraction of sp³-hybridized carbons (Fsp3) is 0.571. The molecular weight excluding hydrogens is 1020 g/mol. The van der Waals surface area contributed by atoms with E-state index in [0.29, 0.717) is 19.3 Å². The third-order valence-electron chi connectivity index (χ3n) is 13.4. The van der Waals surface area contributed by atoms with Crippen molar-refractivity contribution in [3.63, 3.8) is 0 Å². The summed E-state index contributed by atoms with van der Waals surface area (Å²) in [5, 5.41) is 0. The molecule has 6 nitrogen and oxygen atoms in total. The number of carbonyl (C=O) groups is 3. The molecule has 0 aromatic heterocycles. The topological polar surface area (TPSA) is 78.9 Å². The van der Waals surface area contributed by atoms with Crippen molar-refractivity contribution in [3.8, 4) is 0 Å². The number of hydrogen-bond acceptors (Lipinski definition) is 6. The van der Waals surface area contributed by atoms with Crippen LogP contribution in [0.4, 0.5) is 0 Å². The molecule has 0 heterocycles. The van der Waals surface area contributed by atoms with Crippen LogP contribution in [-0.2, 0) is 28.6 Å². The summed E-state index contributed by atoms with van der Waals surface area (Å²) in [4.78, 5) is 38.3. The molecule has 0 aliphatic heterocycles. The predicted octanol–water partition coefficient (Wildman–Crippen LogP) is 23.2. The molecule has 0 aliphatic rings. The quantitative estimate of drug-likeness (QED) is 0.0261. The number of carbonyl (C=O) groups excluding carboxylic acids is 3. The molecule has 0 amide bonds. The molecule has 0 radical (unpaired) electrons. The van der Waals surface area contributed by atoms with Crippen LogP contribution < -0.4 is 0 Å². The fourth-order valence-electron chi connectivity index (χ4n) is 8.46. The van der Waals surface area contributed by atoms with Crippen molar-refractivity contribution in [2.75, 3.05) is 13.2 Å². The second-order valence-electron chi connectivity index (χ2n) is 21.3. The van der Waals surface area contributed by atoms with Gasteiger partial charge in [-0.05, 0) is 154 Å². The molecule has 0 spiro atoms. The summed E-state index contributed by atoms with van der Waals surface area (Å²) in [6.45, 7) is 6.30. The zero-order valence-corrected chi connectivity index (χ0v) is 53.1.